The molecular weight excluding hydrogens is 558 g/mol. The maximum Gasteiger partial charge on any atom is 0.514 e. The van der Waals surface area contributed by atoms with Crippen molar-refractivity contribution < 1.29 is 36.4 Å². The Morgan fingerprint density at radius 3 is 2.31 bits per heavy atom. The first-order valence-corrected chi connectivity index (χ1v) is 12.9. The van der Waals surface area contributed by atoms with E-state index < -0.39 is 39.2 Å². The van der Waals surface area contributed by atoms with Crippen LogP contribution >= 0.6 is 11.6 Å². The molecule has 0 amide bonds. The minimum absolute atomic E-state index is 0.0117. The number of non-ortho nitro benzene ring substituents is 1. The van der Waals surface area contributed by atoms with Crippen molar-refractivity contribution in [3.05, 3.63) is 122 Å². The molecule has 0 atom stereocenters. The minimum atomic E-state index is -4.11. The quantitative estimate of drug-likeness (QED) is 0.108. The molecule has 4 aromatic rings. The average Bonchev–Trinajstić information content (AvgIpc) is 2.90. The molecule has 13 heteroatoms. The monoisotopic (exact) mass is 574 g/mol. The van der Waals surface area contributed by atoms with E-state index in [-0.39, 0.29) is 44.6 Å². The summed E-state index contributed by atoms with van der Waals surface area (Å²) in [5.41, 5.74) is -0.0880. The maximum atomic E-state index is 14.4. The fourth-order valence-corrected chi connectivity index (χ4v) is 4.78. The van der Waals surface area contributed by atoms with Gasteiger partial charge in [-0.2, -0.15) is 0 Å². The Labute approximate surface area is 225 Å². The Kier molecular flexibility index (Phi) is 8.17. The van der Waals surface area contributed by atoms with E-state index in [2.05, 4.69) is 4.98 Å². The van der Waals surface area contributed by atoms with Gasteiger partial charge in [0.2, 0.25) is 9.84 Å². The average molecular weight is 575 g/mol. The molecule has 1 aromatic heterocycles. The number of rotatable bonds is 8. The number of aromatic nitrogens is 1. The topological polar surface area (TPSA) is 126 Å². The molecule has 1 heterocycles. The standard InChI is InChI=1S/C26H17ClF2N2O7S/c27-18-2-9-22(10-3-18)39(35,36)25-12-1-16(24(30-25)14-17-13-19(28)4-11-23(17)29)15-37-26(32)38-21-7-5-20(6-8-21)31(33)34/h1-13H,14-15H2. The van der Waals surface area contributed by atoms with Gasteiger partial charge in [0.25, 0.3) is 5.69 Å². The molecule has 0 radical (unpaired) electrons. The highest BCUT2D eigenvalue weighted by molar-refractivity contribution is 7.91. The Hall–Kier alpha value is -4.42. The summed E-state index contributed by atoms with van der Waals surface area (Å²) >= 11 is 5.85. The summed E-state index contributed by atoms with van der Waals surface area (Å²) in [6, 6.07) is 15.4. The van der Waals surface area contributed by atoms with Gasteiger partial charge in [0.15, 0.2) is 5.03 Å². The van der Waals surface area contributed by atoms with Crippen LogP contribution < -0.4 is 4.74 Å². The van der Waals surface area contributed by atoms with Crippen LogP contribution in [0.3, 0.4) is 0 Å². The van der Waals surface area contributed by atoms with Gasteiger partial charge in [-0.15, -0.1) is 0 Å². The molecule has 0 N–H and O–H groups in total. The van der Waals surface area contributed by atoms with Gasteiger partial charge in [0.05, 0.1) is 15.5 Å². The van der Waals surface area contributed by atoms with Crippen LogP contribution in [0, 0.1) is 21.7 Å². The Balaban J connectivity index is 1.60. The molecule has 0 aliphatic rings. The number of nitro benzene ring substituents is 1. The molecule has 4 rings (SSSR count). The Morgan fingerprint density at radius 2 is 1.64 bits per heavy atom. The van der Waals surface area contributed by atoms with Crippen LogP contribution in [0.4, 0.5) is 19.3 Å². The van der Waals surface area contributed by atoms with Gasteiger partial charge in [0.1, 0.15) is 24.0 Å². The van der Waals surface area contributed by atoms with E-state index in [1.807, 2.05) is 0 Å². The summed E-state index contributed by atoms with van der Waals surface area (Å²) in [6.45, 7) is -0.452. The summed E-state index contributed by atoms with van der Waals surface area (Å²) in [6.07, 6.45) is -1.48. The molecule has 0 aliphatic carbocycles. The van der Waals surface area contributed by atoms with E-state index in [1.165, 1.54) is 48.5 Å². The summed E-state index contributed by atoms with van der Waals surface area (Å²) < 4.78 is 64.5. The molecule has 0 unspecified atom stereocenters. The lowest BCUT2D eigenvalue weighted by Gasteiger charge is -2.13. The van der Waals surface area contributed by atoms with Crippen LogP contribution in [0.2, 0.25) is 5.02 Å². The molecule has 0 spiro atoms. The van der Waals surface area contributed by atoms with Crippen molar-refractivity contribution >= 4 is 33.3 Å². The van der Waals surface area contributed by atoms with E-state index >= 15 is 0 Å². The molecule has 3 aromatic carbocycles. The normalized spacial score (nSPS) is 11.2. The molecule has 9 nitrogen and oxygen atoms in total. The van der Waals surface area contributed by atoms with Crippen molar-refractivity contribution in [3.8, 4) is 5.75 Å². The number of carbonyl (C=O) groups is 1. The first kappa shape index (κ1) is 27.6. The van der Waals surface area contributed by atoms with Gasteiger partial charge < -0.3 is 9.47 Å². The van der Waals surface area contributed by atoms with Crippen LogP contribution in [0.5, 0.6) is 5.75 Å². The van der Waals surface area contributed by atoms with Crippen LogP contribution in [0.1, 0.15) is 16.8 Å². The predicted molar refractivity (Wildman–Crippen MR) is 134 cm³/mol. The first-order valence-electron chi connectivity index (χ1n) is 11.1. The van der Waals surface area contributed by atoms with E-state index in [1.54, 1.807) is 0 Å². The smallest absolute Gasteiger partial charge is 0.429 e. The third-order valence-electron chi connectivity index (χ3n) is 5.40. The van der Waals surface area contributed by atoms with Gasteiger partial charge in [0, 0.05) is 29.1 Å². The number of ether oxygens (including phenoxy) is 2. The lowest BCUT2D eigenvalue weighted by molar-refractivity contribution is -0.384. The van der Waals surface area contributed by atoms with Gasteiger partial charge in [-0.05, 0) is 66.2 Å². The number of carbonyl (C=O) groups excluding carboxylic acids is 1. The number of nitro groups is 1. The van der Waals surface area contributed by atoms with Gasteiger partial charge >= 0.3 is 6.16 Å². The number of pyridine rings is 1. The van der Waals surface area contributed by atoms with Crippen LogP contribution in [0.15, 0.2) is 88.8 Å². The summed E-state index contributed by atoms with van der Waals surface area (Å²) in [5.74, 6) is -1.47. The highest BCUT2D eigenvalue weighted by Crippen LogP contribution is 2.25. The number of benzene rings is 3. The first-order chi connectivity index (χ1) is 18.5. The van der Waals surface area contributed by atoms with Gasteiger partial charge in [-0.25, -0.2) is 27.0 Å². The molecule has 0 saturated carbocycles. The molecule has 0 aliphatic heterocycles. The Bertz CT molecular complexity index is 1650. The highest BCUT2D eigenvalue weighted by atomic mass is 35.5. The SMILES string of the molecule is O=C(OCc1ccc(S(=O)(=O)c2ccc(Cl)cc2)nc1Cc1cc(F)ccc1F)Oc1ccc([N+](=O)[O-])cc1. The third kappa shape index (κ3) is 6.72. The van der Waals surface area contributed by atoms with Crippen molar-refractivity contribution in [2.24, 2.45) is 0 Å². The van der Waals surface area contributed by atoms with E-state index in [4.69, 9.17) is 21.1 Å². The number of hydrogen-bond acceptors (Lipinski definition) is 8. The van der Waals surface area contributed by atoms with Crippen molar-refractivity contribution in [2.45, 2.75) is 22.9 Å². The second-order valence-corrected chi connectivity index (χ2v) is 10.3. The van der Waals surface area contributed by atoms with Crippen LogP contribution in [0.25, 0.3) is 0 Å². The fraction of sp³-hybridized carbons (Fsp3) is 0.0769. The molecular formula is C26H17ClF2N2O7S. The van der Waals surface area contributed by atoms with E-state index in [0.29, 0.717) is 5.02 Å². The number of nitrogens with zero attached hydrogens (tertiary/aromatic N) is 2. The van der Waals surface area contributed by atoms with Crippen molar-refractivity contribution in [1.29, 1.82) is 0 Å². The summed E-state index contributed by atoms with van der Waals surface area (Å²) in [4.78, 5) is 26.4. The fourth-order valence-electron chi connectivity index (χ4n) is 3.44. The number of sulfone groups is 1. The second kappa shape index (κ2) is 11.5. The zero-order valence-corrected chi connectivity index (χ0v) is 21.3. The van der Waals surface area contributed by atoms with Gasteiger partial charge in [-0.3, -0.25) is 10.1 Å². The van der Waals surface area contributed by atoms with Gasteiger partial charge in [-0.1, -0.05) is 17.7 Å². The zero-order chi connectivity index (χ0) is 28.2. The molecule has 0 bridgehead atoms. The summed E-state index contributed by atoms with van der Waals surface area (Å²) in [5, 5.41) is 10.7. The molecule has 200 valence electrons. The minimum Gasteiger partial charge on any atom is -0.429 e. The van der Waals surface area contributed by atoms with Crippen molar-refractivity contribution in [2.75, 3.05) is 0 Å². The van der Waals surface area contributed by atoms with Crippen LogP contribution in [-0.4, -0.2) is 24.5 Å². The highest BCUT2D eigenvalue weighted by Gasteiger charge is 2.22. The van der Waals surface area contributed by atoms with Crippen molar-refractivity contribution in [3.63, 3.8) is 0 Å². The van der Waals surface area contributed by atoms with Crippen molar-refractivity contribution in [1.82, 2.24) is 4.98 Å². The zero-order valence-electron chi connectivity index (χ0n) is 19.7. The molecule has 39 heavy (non-hydrogen) atoms. The predicted octanol–water partition coefficient (Wildman–Crippen LogP) is 6.06. The van der Waals surface area contributed by atoms with E-state index in [0.717, 1.165) is 30.3 Å². The third-order valence-corrected chi connectivity index (χ3v) is 7.32. The number of hydrogen-bond donors (Lipinski definition) is 0. The second-order valence-electron chi connectivity index (χ2n) is 8.02. The maximum absolute atomic E-state index is 14.4. The lowest BCUT2D eigenvalue weighted by atomic mass is 10.0. The largest absolute Gasteiger partial charge is 0.514 e. The molecule has 0 fully saturated rings. The number of halogens is 3. The lowest BCUT2D eigenvalue weighted by Crippen LogP contribution is -2.13. The Morgan fingerprint density at radius 1 is 0.949 bits per heavy atom. The van der Waals surface area contributed by atoms with E-state index in [9.17, 15) is 32.1 Å². The van der Waals surface area contributed by atoms with Crippen LogP contribution in [-0.2, 0) is 27.6 Å². The molecule has 0 saturated heterocycles. The summed E-state index contributed by atoms with van der Waals surface area (Å²) in [7, 11) is -4.11.